The van der Waals surface area contributed by atoms with E-state index in [4.69, 9.17) is 0 Å². The molecule has 0 aromatic heterocycles. The van der Waals surface area contributed by atoms with Gasteiger partial charge in [-0.2, -0.15) is 0 Å². The molecule has 0 heterocycles. The molecule has 0 aliphatic heterocycles. The Morgan fingerprint density at radius 2 is 1.95 bits per heavy atom. The SMILES string of the molecule is CCC1(C(=O)NC(CO)c2ccccc2)CCCC1. The molecule has 1 aromatic rings. The van der Waals surface area contributed by atoms with Crippen molar-refractivity contribution in [3.63, 3.8) is 0 Å². The second-order valence-corrected chi connectivity index (χ2v) is 5.46. The molecule has 2 rings (SSSR count). The summed E-state index contributed by atoms with van der Waals surface area (Å²) in [7, 11) is 0. The molecule has 0 saturated heterocycles. The van der Waals surface area contributed by atoms with Gasteiger partial charge in [-0.25, -0.2) is 0 Å². The van der Waals surface area contributed by atoms with Gasteiger partial charge >= 0.3 is 0 Å². The van der Waals surface area contributed by atoms with Crippen LogP contribution in [0.2, 0.25) is 0 Å². The minimum atomic E-state index is -0.294. The van der Waals surface area contributed by atoms with Crippen molar-refractivity contribution in [1.82, 2.24) is 5.32 Å². The highest BCUT2D eigenvalue weighted by atomic mass is 16.3. The summed E-state index contributed by atoms with van der Waals surface area (Å²) < 4.78 is 0. The van der Waals surface area contributed by atoms with E-state index in [0.29, 0.717) is 0 Å². The van der Waals surface area contributed by atoms with E-state index in [1.165, 1.54) is 0 Å². The predicted molar refractivity (Wildman–Crippen MR) is 75.6 cm³/mol. The van der Waals surface area contributed by atoms with Crippen LogP contribution >= 0.6 is 0 Å². The van der Waals surface area contributed by atoms with Crippen molar-refractivity contribution in [2.24, 2.45) is 5.41 Å². The summed E-state index contributed by atoms with van der Waals surface area (Å²) in [6, 6.07) is 9.37. The standard InChI is InChI=1S/C16H23NO2/c1-2-16(10-6-7-11-16)15(19)17-14(12-18)13-8-4-3-5-9-13/h3-5,8-9,14,18H,2,6-7,10-12H2,1H3,(H,17,19). The van der Waals surface area contributed by atoms with E-state index in [2.05, 4.69) is 12.2 Å². The molecule has 1 aromatic carbocycles. The lowest BCUT2D eigenvalue weighted by atomic mass is 9.82. The van der Waals surface area contributed by atoms with Gasteiger partial charge in [0.25, 0.3) is 0 Å². The smallest absolute Gasteiger partial charge is 0.226 e. The molecule has 104 valence electrons. The van der Waals surface area contributed by atoms with Gasteiger partial charge in [0, 0.05) is 5.41 Å². The Bertz CT molecular complexity index is 410. The molecule has 1 aliphatic rings. The van der Waals surface area contributed by atoms with Gasteiger partial charge in [0.1, 0.15) is 0 Å². The summed E-state index contributed by atoms with van der Waals surface area (Å²) in [6.07, 6.45) is 5.10. The molecule has 19 heavy (non-hydrogen) atoms. The number of amides is 1. The van der Waals surface area contributed by atoms with Crippen LogP contribution in [0.25, 0.3) is 0 Å². The molecule has 3 nitrogen and oxygen atoms in total. The second kappa shape index (κ2) is 6.20. The molecule has 1 fully saturated rings. The van der Waals surface area contributed by atoms with E-state index in [1.807, 2.05) is 30.3 Å². The van der Waals surface area contributed by atoms with Crippen molar-refractivity contribution >= 4 is 5.91 Å². The summed E-state index contributed by atoms with van der Waals surface area (Å²) in [5.41, 5.74) is 0.755. The molecule has 3 heteroatoms. The van der Waals surface area contributed by atoms with Gasteiger partial charge < -0.3 is 10.4 Å². The van der Waals surface area contributed by atoms with Crippen LogP contribution in [0.3, 0.4) is 0 Å². The molecule has 1 aliphatic carbocycles. The van der Waals surface area contributed by atoms with Crippen molar-refractivity contribution in [2.45, 2.75) is 45.1 Å². The number of carbonyl (C=O) groups is 1. The van der Waals surface area contributed by atoms with Gasteiger partial charge in [0.05, 0.1) is 12.6 Å². The van der Waals surface area contributed by atoms with Crippen molar-refractivity contribution in [2.75, 3.05) is 6.61 Å². The number of aliphatic hydroxyl groups excluding tert-OH is 1. The van der Waals surface area contributed by atoms with E-state index in [0.717, 1.165) is 37.7 Å². The van der Waals surface area contributed by atoms with Crippen molar-refractivity contribution < 1.29 is 9.90 Å². The first-order chi connectivity index (χ1) is 9.22. The Morgan fingerprint density at radius 1 is 1.32 bits per heavy atom. The summed E-state index contributed by atoms with van der Waals surface area (Å²) in [6.45, 7) is 2.02. The van der Waals surface area contributed by atoms with Crippen LogP contribution in [0.4, 0.5) is 0 Å². The van der Waals surface area contributed by atoms with E-state index < -0.39 is 0 Å². The highest BCUT2D eigenvalue weighted by Crippen LogP contribution is 2.41. The number of carbonyl (C=O) groups excluding carboxylic acids is 1. The van der Waals surface area contributed by atoms with Gasteiger partial charge in [0.2, 0.25) is 5.91 Å². The first-order valence-electron chi connectivity index (χ1n) is 7.18. The first-order valence-corrected chi connectivity index (χ1v) is 7.18. The van der Waals surface area contributed by atoms with E-state index in [1.54, 1.807) is 0 Å². The summed E-state index contributed by atoms with van der Waals surface area (Å²) in [4.78, 5) is 12.5. The maximum absolute atomic E-state index is 12.5. The minimum Gasteiger partial charge on any atom is -0.394 e. The fourth-order valence-corrected chi connectivity index (χ4v) is 3.02. The van der Waals surface area contributed by atoms with Crippen LogP contribution in [0.15, 0.2) is 30.3 Å². The summed E-state index contributed by atoms with van der Waals surface area (Å²) in [5, 5.41) is 12.5. The molecule has 2 N–H and O–H groups in total. The van der Waals surface area contributed by atoms with Gasteiger partial charge in [-0.3, -0.25) is 4.79 Å². The van der Waals surface area contributed by atoms with Crippen LogP contribution in [-0.4, -0.2) is 17.6 Å². The van der Waals surface area contributed by atoms with Gasteiger partial charge in [-0.1, -0.05) is 50.1 Å². The quantitative estimate of drug-likeness (QED) is 0.856. The molecule has 1 unspecified atom stereocenters. The highest BCUT2D eigenvalue weighted by molar-refractivity contribution is 5.83. The molecule has 0 spiro atoms. The van der Waals surface area contributed by atoms with Crippen molar-refractivity contribution in [3.05, 3.63) is 35.9 Å². The van der Waals surface area contributed by atoms with E-state index in [-0.39, 0.29) is 24.0 Å². The maximum atomic E-state index is 12.5. The maximum Gasteiger partial charge on any atom is 0.226 e. The van der Waals surface area contributed by atoms with Crippen molar-refractivity contribution in [3.8, 4) is 0 Å². The van der Waals surface area contributed by atoms with Gasteiger partial charge in [0.15, 0.2) is 0 Å². The van der Waals surface area contributed by atoms with Crippen LogP contribution in [0.1, 0.15) is 50.6 Å². The second-order valence-electron chi connectivity index (χ2n) is 5.46. The Kier molecular flexibility index (Phi) is 4.59. The number of benzene rings is 1. The third-order valence-corrected chi connectivity index (χ3v) is 4.41. The molecule has 1 atom stereocenters. The summed E-state index contributed by atoms with van der Waals surface area (Å²) >= 11 is 0. The number of aliphatic hydroxyl groups is 1. The molecule has 1 saturated carbocycles. The number of rotatable bonds is 5. The van der Waals surface area contributed by atoms with Gasteiger partial charge in [-0.05, 0) is 24.8 Å². The predicted octanol–water partition coefficient (Wildman–Crippen LogP) is 2.81. The average Bonchev–Trinajstić information content (AvgIpc) is 2.95. The normalized spacial score (nSPS) is 19.1. The molecular weight excluding hydrogens is 238 g/mol. The monoisotopic (exact) mass is 261 g/mol. The minimum absolute atomic E-state index is 0.0600. The van der Waals surface area contributed by atoms with E-state index in [9.17, 15) is 9.90 Å². The van der Waals surface area contributed by atoms with Crippen LogP contribution in [-0.2, 0) is 4.79 Å². The molecule has 1 amide bonds. The molecule has 0 bridgehead atoms. The Morgan fingerprint density at radius 3 is 2.47 bits per heavy atom. The Hall–Kier alpha value is -1.35. The zero-order valence-electron chi connectivity index (χ0n) is 11.6. The van der Waals surface area contributed by atoms with Crippen LogP contribution in [0.5, 0.6) is 0 Å². The topological polar surface area (TPSA) is 49.3 Å². The lowest BCUT2D eigenvalue weighted by Crippen LogP contribution is -2.41. The number of hydrogen-bond acceptors (Lipinski definition) is 2. The third-order valence-electron chi connectivity index (χ3n) is 4.41. The third kappa shape index (κ3) is 2.98. The fourth-order valence-electron chi connectivity index (χ4n) is 3.02. The molecule has 0 radical (unpaired) electrons. The fraction of sp³-hybridized carbons (Fsp3) is 0.562. The zero-order valence-corrected chi connectivity index (χ0v) is 11.6. The lowest BCUT2D eigenvalue weighted by molar-refractivity contribution is -0.132. The van der Waals surface area contributed by atoms with Crippen molar-refractivity contribution in [1.29, 1.82) is 0 Å². The van der Waals surface area contributed by atoms with Crippen LogP contribution < -0.4 is 5.32 Å². The first kappa shape index (κ1) is 14.1. The lowest BCUT2D eigenvalue weighted by Gasteiger charge is -2.29. The number of nitrogens with one attached hydrogen (secondary N) is 1. The molecular formula is C16H23NO2. The zero-order chi connectivity index (χ0) is 13.7. The number of hydrogen-bond donors (Lipinski definition) is 2. The van der Waals surface area contributed by atoms with E-state index >= 15 is 0 Å². The highest BCUT2D eigenvalue weighted by Gasteiger charge is 2.39. The average molecular weight is 261 g/mol. The Labute approximate surface area is 115 Å². The summed E-state index contributed by atoms with van der Waals surface area (Å²) in [5.74, 6) is 0.107. The largest absolute Gasteiger partial charge is 0.394 e. The van der Waals surface area contributed by atoms with Gasteiger partial charge in [-0.15, -0.1) is 0 Å². The van der Waals surface area contributed by atoms with Crippen LogP contribution in [0, 0.1) is 5.41 Å². The Balaban J connectivity index is 2.08.